The maximum absolute atomic E-state index is 12.6. The lowest BCUT2D eigenvalue weighted by Crippen LogP contribution is -2.44. The van der Waals surface area contributed by atoms with E-state index >= 15 is 0 Å². The fraction of sp³-hybridized carbons (Fsp3) is 0.222. The minimum Gasteiger partial charge on any atom is -0.340 e. The van der Waals surface area contributed by atoms with E-state index in [1.54, 1.807) is 48.2 Å². The molecule has 0 spiro atoms. The molecule has 0 fully saturated rings. The van der Waals surface area contributed by atoms with Crippen LogP contribution in [0.2, 0.25) is 5.02 Å². The molecule has 0 bridgehead atoms. The van der Waals surface area contributed by atoms with Gasteiger partial charge in [-0.15, -0.1) is 0 Å². The van der Waals surface area contributed by atoms with Crippen molar-refractivity contribution in [3.63, 3.8) is 0 Å². The first kappa shape index (κ1) is 19.8. The summed E-state index contributed by atoms with van der Waals surface area (Å²) in [6, 6.07) is 13.4. The van der Waals surface area contributed by atoms with Gasteiger partial charge in [0.1, 0.15) is 6.04 Å². The van der Waals surface area contributed by atoms with Crippen LogP contribution in [-0.2, 0) is 4.79 Å². The summed E-state index contributed by atoms with van der Waals surface area (Å²) in [7, 11) is 0. The zero-order valence-corrected chi connectivity index (χ0v) is 16.7. The van der Waals surface area contributed by atoms with E-state index in [1.165, 1.54) is 0 Å². The van der Waals surface area contributed by atoms with Crippen molar-refractivity contribution in [2.45, 2.75) is 12.5 Å². The number of thioether (sulfide) groups is 1. The molecule has 0 aliphatic carbocycles. The Balaban J connectivity index is 2.09. The van der Waals surface area contributed by atoms with Crippen LogP contribution in [-0.4, -0.2) is 29.9 Å². The second-order valence-corrected chi connectivity index (χ2v) is 7.59. The van der Waals surface area contributed by atoms with Crippen molar-refractivity contribution in [3.05, 3.63) is 63.6 Å². The molecule has 1 unspecified atom stereocenters. The van der Waals surface area contributed by atoms with Gasteiger partial charge in [-0.2, -0.15) is 11.8 Å². The van der Waals surface area contributed by atoms with Crippen LogP contribution in [0.4, 0.5) is 5.69 Å². The monoisotopic (exact) mass is 440 g/mol. The number of halogens is 2. The number of benzene rings is 2. The number of nitrogens with one attached hydrogen (secondary N) is 2. The lowest BCUT2D eigenvalue weighted by atomic mass is 10.1. The van der Waals surface area contributed by atoms with Crippen molar-refractivity contribution >= 4 is 56.8 Å². The Morgan fingerprint density at radius 2 is 1.84 bits per heavy atom. The predicted molar refractivity (Wildman–Crippen MR) is 108 cm³/mol. The fourth-order valence-corrected chi connectivity index (χ4v) is 3.11. The molecule has 0 saturated carbocycles. The van der Waals surface area contributed by atoms with Crippen molar-refractivity contribution in [1.82, 2.24) is 5.32 Å². The lowest BCUT2D eigenvalue weighted by Gasteiger charge is -2.18. The van der Waals surface area contributed by atoms with Gasteiger partial charge in [0.25, 0.3) is 5.91 Å². The maximum Gasteiger partial charge on any atom is 0.253 e. The number of hydrogen-bond acceptors (Lipinski definition) is 3. The van der Waals surface area contributed by atoms with Crippen LogP contribution in [0.25, 0.3) is 0 Å². The molecule has 2 N–H and O–H groups in total. The van der Waals surface area contributed by atoms with E-state index in [1.807, 2.05) is 18.4 Å². The Kier molecular flexibility index (Phi) is 7.81. The topological polar surface area (TPSA) is 58.2 Å². The van der Waals surface area contributed by atoms with E-state index in [0.29, 0.717) is 22.7 Å². The van der Waals surface area contributed by atoms with Gasteiger partial charge in [-0.1, -0.05) is 39.7 Å². The molecule has 0 radical (unpaired) electrons. The SMILES string of the molecule is CSCCC(NC(=O)c1ccccc1Cl)C(=O)Nc1ccc(Br)cc1. The minimum atomic E-state index is -0.639. The Morgan fingerprint density at radius 3 is 2.48 bits per heavy atom. The summed E-state index contributed by atoms with van der Waals surface area (Å²) < 4.78 is 0.927. The Labute approximate surface area is 164 Å². The number of carbonyl (C=O) groups is 2. The molecule has 7 heteroatoms. The summed E-state index contributed by atoms with van der Waals surface area (Å²) in [6.07, 6.45) is 2.49. The molecule has 0 aromatic heterocycles. The number of amides is 2. The molecule has 2 amide bonds. The molecular formula is C18H18BrClN2O2S. The van der Waals surface area contributed by atoms with E-state index in [9.17, 15) is 9.59 Å². The quantitative estimate of drug-likeness (QED) is 0.660. The molecule has 0 heterocycles. The van der Waals surface area contributed by atoms with Gasteiger partial charge in [-0.3, -0.25) is 9.59 Å². The van der Waals surface area contributed by atoms with Crippen molar-refractivity contribution in [3.8, 4) is 0 Å². The molecule has 0 aliphatic rings. The molecule has 2 rings (SSSR count). The molecule has 132 valence electrons. The average molecular weight is 442 g/mol. The molecular weight excluding hydrogens is 424 g/mol. The molecule has 0 saturated heterocycles. The molecule has 2 aromatic carbocycles. The van der Waals surface area contributed by atoms with Gasteiger partial charge in [0, 0.05) is 10.2 Å². The second kappa shape index (κ2) is 9.85. The van der Waals surface area contributed by atoms with Crippen molar-refractivity contribution < 1.29 is 9.59 Å². The third kappa shape index (κ3) is 6.06. The molecule has 0 aliphatic heterocycles. The number of hydrogen-bond donors (Lipinski definition) is 2. The standard InChI is InChI=1S/C18H18BrClN2O2S/c1-25-11-10-16(18(24)21-13-8-6-12(19)7-9-13)22-17(23)14-4-2-3-5-15(14)20/h2-9,16H,10-11H2,1H3,(H,21,24)(H,22,23). The molecule has 2 aromatic rings. The van der Waals surface area contributed by atoms with Gasteiger partial charge in [0.2, 0.25) is 5.91 Å². The smallest absolute Gasteiger partial charge is 0.253 e. The van der Waals surface area contributed by atoms with Gasteiger partial charge in [-0.25, -0.2) is 0 Å². The van der Waals surface area contributed by atoms with Crippen LogP contribution in [0.1, 0.15) is 16.8 Å². The molecule has 4 nitrogen and oxygen atoms in total. The van der Waals surface area contributed by atoms with Crippen LogP contribution < -0.4 is 10.6 Å². The van der Waals surface area contributed by atoms with Crippen LogP contribution >= 0.6 is 39.3 Å². The Morgan fingerprint density at radius 1 is 1.16 bits per heavy atom. The van der Waals surface area contributed by atoms with E-state index in [4.69, 9.17) is 11.6 Å². The van der Waals surface area contributed by atoms with E-state index in [2.05, 4.69) is 26.6 Å². The van der Waals surface area contributed by atoms with Crippen molar-refractivity contribution in [1.29, 1.82) is 0 Å². The van der Waals surface area contributed by atoms with Crippen LogP contribution in [0.15, 0.2) is 53.0 Å². The van der Waals surface area contributed by atoms with Crippen molar-refractivity contribution in [2.24, 2.45) is 0 Å². The minimum absolute atomic E-state index is 0.253. The first-order valence-corrected chi connectivity index (χ1v) is 10.2. The van der Waals surface area contributed by atoms with Gasteiger partial charge in [0.05, 0.1) is 10.6 Å². The number of rotatable bonds is 7. The maximum atomic E-state index is 12.6. The summed E-state index contributed by atoms with van der Waals surface area (Å²) in [6.45, 7) is 0. The zero-order valence-electron chi connectivity index (χ0n) is 13.6. The van der Waals surface area contributed by atoms with Crippen LogP contribution in [0, 0.1) is 0 Å². The highest BCUT2D eigenvalue weighted by atomic mass is 79.9. The highest BCUT2D eigenvalue weighted by Crippen LogP contribution is 2.17. The third-order valence-corrected chi connectivity index (χ3v) is 4.96. The van der Waals surface area contributed by atoms with Gasteiger partial charge >= 0.3 is 0 Å². The summed E-state index contributed by atoms with van der Waals surface area (Å²) >= 11 is 11.0. The van der Waals surface area contributed by atoms with Gasteiger partial charge < -0.3 is 10.6 Å². The predicted octanol–water partition coefficient (Wildman–Crippen LogP) is 4.59. The van der Waals surface area contributed by atoms with Gasteiger partial charge in [-0.05, 0) is 54.8 Å². The second-order valence-electron chi connectivity index (χ2n) is 5.28. The lowest BCUT2D eigenvalue weighted by molar-refractivity contribution is -0.118. The third-order valence-electron chi connectivity index (χ3n) is 3.46. The van der Waals surface area contributed by atoms with Crippen LogP contribution in [0.3, 0.4) is 0 Å². The van der Waals surface area contributed by atoms with E-state index in [0.717, 1.165) is 10.2 Å². The normalized spacial score (nSPS) is 11.6. The highest BCUT2D eigenvalue weighted by molar-refractivity contribution is 9.10. The first-order chi connectivity index (χ1) is 12.0. The summed E-state index contributed by atoms with van der Waals surface area (Å²) in [5, 5.41) is 5.97. The molecule has 25 heavy (non-hydrogen) atoms. The first-order valence-electron chi connectivity index (χ1n) is 7.62. The average Bonchev–Trinajstić information content (AvgIpc) is 2.60. The summed E-state index contributed by atoms with van der Waals surface area (Å²) in [5.74, 6) is 0.140. The largest absolute Gasteiger partial charge is 0.340 e. The summed E-state index contributed by atoms with van der Waals surface area (Å²) in [5.41, 5.74) is 1.03. The van der Waals surface area contributed by atoms with Crippen LogP contribution in [0.5, 0.6) is 0 Å². The van der Waals surface area contributed by atoms with E-state index < -0.39 is 6.04 Å². The number of carbonyl (C=O) groups excluding carboxylic acids is 2. The Bertz CT molecular complexity index is 740. The van der Waals surface area contributed by atoms with E-state index in [-0.39, 0.29) is 11.8 Å². The fourth-order valence-electron chi connectivity index (χ4n) is 2.15. The zero-order chi connectivity index (χ0) is 18.2. The summed E-state index contributed by atoms with van der Waals surface area (Å²) in [4.78, 5) is 25.0. The van der Waals surface area contributed by atoms with Crippen molar-refractivity contribution in [2.75, 3.05) is 17.3 Å². The number of anilines is 1. The Hall–Kier alpha value is -1.50. The van der Waals surface area contributed by atoms with Gasteiger partial charge in [0.15, 0.2) is 0 Å². The highest BCUT2D eigenvalue weighted by Gasteiger charge is 2.22. The molecule has 1 atom stereocenters.